The highest BCUT2D eigenvalue weighted by Gasteiger charge is 2.25. The third kappa shape index (κ3) is 2.98. The monoisotopic (exact) mass is 302 g/mol. The molecule has 0 aromatic heterocycles. The van der Waals surface area contributed by atoms with Crippen LogP contribution in [-0.4, -0.2) is 48.0 Å². The Balaban J connectivity index is 1.58. The molecule has 2 amide bonds. The van der Waals surface area contributed by atoms with Gasteiger partial charge in [0, 0.05) is 38.3 Å². The summed E-state index contributed by atoms with van der Waals surface area (Å²) in [6.07, 6.45) is 1.84. The van der Waals surface area contributed by atoms with E-state index in [1.54, 1.807) is 23.1 Å². The lowest BCUT2D eigenvalue weighted by atomic mass is 10.2. The fourth-order valence-corrected chi connectivity index (χ4v) is 2.58. The van der Waals surface area contributed by atoms with Crippen molar-refractivity contribution in [2.45, 2.75) is 6.42 Å². The average Bonchev–Trinajstić information content (AvgIpc) is 2.56. The molecule has 1 aromatic carbocycles. The number of anilines is 1. The first-order chi connectivity index (χ1) is 10.6. The highest BCUT2D eigenvalue weighted by atomic mass is 16.3. The quantitative estimate of drug-likeness (QED) is 0.713. The van der Waals surface area contributed by atoms with Gasteiger partial charge in [-0.25, -0.2) is 0 Å². The van der Waals surface area contributed by atoms with Gasteiger partial charge in [-0.2, -0.15) is 0 Å². The summed E-state index contributed by atoms with van der Waals surface area (Å²) in [5.41, 5.74) is 6.56. The van der Waals surface area contributed by atoms with Gasteiger partial charge in [-0.3, -0.25) is 20.4 Å². The summed E-state index contributed by atoms with van der Waals surface area (Å²) in [7, 11) is 0. The zero-order valence-electron chi connectivity index (χ0n) is 12.1. The first-order valence-electron chi connectivity index (χ1n) is 7.22. The van der Waals surface area contributed by atoms with Crippen LogP contribution < -0.4 is 15.8 Å². The number of phenolic OH excluding ortho intramolecular Hbond substituents is 1. The lowest BCUT2D eigenvalue weighted by Gasteiger charge is -2.36. The van der Waals surface area contributed by atoms with Gasteiger partial charge < -0.3 is 14.9 Å². The number of nitrogens with one attached hydrogen (secondary N) is 2. The molecule has 0 radical (unpaired) electrons. The zero-order chi connectivity index (χ0) is 15.5. The normalized spacial score (nSPS) is 18.4. The Labute approximate surface area is 128 Å². The molecule has 0 spiro atoms. The van der Waals surface area contributed by atoms with Gasteiger partial charge in [0.25, 0.3) is 5.91 Å². The maximum Gasteiger partial charge on any atom is 0.271 e. The van der Waals surface area contributed by atoms with E-state index in [9.17, 15) is 14.7 Å². The molecule has 0 unspecified atom stereocenters. The van der Waals surface area contributed by atoms with Crippen LogP contribution in [0.4, 0.5) is 5.69 Å². The van der Waals surface area contributed by atoms with Crippen molar-refractivity contribution in [1.82, 2.24) is 15.8 Å². The van der Waals surface area contributed by atoms with Crippen molar-refractivity contribution in [2.24, 2.45) is 0 Å². The van der Waals surface area contributed by atoms with Crippen LogP contribution >= 0.6 is 0 Å². The van der Waals surface area contributed by atoms with Crippen molar-refractivity contribution in [3.8, 4) is 5.75 Å². The minimum Gasteiger partial charge on any atom is -0.508 e. The molecular weight excluding hydrogens is 284 g/mol. The molecule has 2 aliphatic heterocycles. The van der Waals surface area contributed by atoms with Crippen LogP contribution in [0, 0.1) is 0 Å². The van der Waals surface area contributed by atoms with E-state index in [2.05, 4.69) is 15.8 Å². The van der Waals surface area contributed by atoms with E-state index < -0.39 is 0 Å². The molecule has 1 aromatic rings. The molecule has 2 heterocycles. The highest BCUT2D eigenvalue weighted by Crippen LogP contribution is 2.20. The number of piperazine rings is 1. The molecule has 7 heteroatoms. The fraction of sp³-hybridized carbons (Fsp3) is 0.333. The summed E-state index contributed by atoms with van der Waals surface area (Å²) in [6.45, 7) is 2.70. The number of hydrogen-bond donors (Lipinski definition) is 3. The van der Waals surface area contributed by atoms with Gasteiger partial charge in [-0.15, -0.1) is 0 Å². The number of aromatic hydroxyl groups is 1. The van der Waals surface area contributed by atoms with Gasteiger partial charge in [-0.05, 0) is 30.3 Å². The summed E-state index contributed by atoms with van der Waals surface area (Å²) in [5, 5.41) is 9.32. The second kappa shape index (κ2) is 5.97. The molecule has 0 bridgehead atoms. The number of hydrazine groups is 1. The third-order valence-electron chi connectivity index (χ3n) is 3.84. The van der Waals surface area contributed by atoms with E-state index in [0.29, 0.717) is 18.8 Å². The maximum atomic E-state index is 12.3. The topological polar surface area (TPSA) is 84.9 Å². The SMILES string of the molecule is O=C1CC=C(C(=O)N2CCN(c3ccc(O)cc3)CC2)NN1. The second-order valence-electron chi connectivity index (χ2n) is 5.29. The van der Waals surface area contributed by atoms with E-state index in [0.717, 1.165) is 18.8 Å². The van der Waals surface area contributed by atoms with E-state index in [4.69, 9.17) is 0 Å². The standard InChI is InChI=1S/C15H18N4O3/c20-12-3-1-11(2-4-12)18-7-9-19(10-8-18)15(22)13-5-6-14(21)17-16-13/h1-5,16,20H,6-10H2,(H,17,21). The molecule has 7 nitrogen and oxygen atoms in total. The zero-order valence-corrected chi connectivity index (χ0v) is 12.1. The summed E-state index contributed by atoms with van der Waals surface area (Å²) >= 11 is 0. The maximum absolute atomic E-state index is 12.3. The Morgan fingerprint density at radius 1 is 1.05 bits per heavy atom. The van der Waals surface area contributed by atoms with Crippen LogP contribution in [0.1, 0.15) is 6.42 Å². The first-order valence-corrected chi connectivity index (χ1v) is 7.22. The van der Waals surface area contributed by atoms with Crippen molar-refractivity contribution >= 4 is 17.5 Å². The molecule has 116 valence electrons. The molecule has 1 saturated heterocycles. The van der Waals surface area contributed by atoms with E-state index in [-0.39, 0.29) is 24.0 Å². The van der Waals surface area contributed by atoms with Crippen molar-refractivity contribution in [3.05, 3.63) is 36.0 Å². The minimum absolute atomic E-state index is 0.0923. The lowest BCUT2D eigenvalue weighted by molar-refractivity contribution is -0.128. The third-order valence-corrected chi connectivity index (χ3v) is 3.84. The Hall–Kier alpha value is -2.70. The van der Waals surface area contributed by atoms with Crippen molar-refractivity contribution in [3.63, 3.8) is 0 Å². The van der Waals surface area contributed by atoms with Crippen molar-refractivity contribution in [2.75, 3.05) is 31.1 Å². The Kier molecular flexibility index (Phi) is 3.86. The first kappa shape index (κ1) is 14.2. The van der Waals surface area contributed by atoms with Crippen LogP contribution in [0.25, 0.3) is 0 Å². The van der Waals surface area contributed by atoms with Crippen LogP contribution in [0.3, 0.4) is 0 Å². The van der Waals surface area contributed by atoms with E-state index in [1.807, 2.05) is 12.1 Å². The predicted molar refractivity (Wildman–Crippen MR) is 80.9 cm³/mol. The van der Waals surface area contributed by atoms with Crippen LogP contribution in [0.2, 0.25) is 0 Å². The van der Waals surface area contributed by atoms with Crippen molar-refractivity contribution < 1.29 is 14.7 Å². The Bertz CT molecular complexity index is 604. The molecular formula is C15H18N4O3. The van der Waals surface area contributed by atoms with Gasteiger partial charge in [0.15, 0.2) is 0 Å². The summed E-state index contributed by atoms with van der Waals surface area (Å²) in [6, 6.07) is 7.06. The number of nitrogens with zero attached hydrogens (tertiary/aromatic N) is 2. The molecule has 2 aliphatic rings. The molecule has 3 N–H and O–H groups in total. The number of phenols is 1. The smallest absolute Gasteiger partial charge is 0.271 e. The molecule has 0 aliphatic carbocycles. The Morgan fingerprint density at radius 3 is 2.32 bits per heavy atom. The summed E-state index contributed by atoms with van der Waals surface area (Å²) < 4.78 is 0. The van der Waals surface area contributed by atoms with Crippen LogP contribution in [0.15, 0.2) is 36.0 Å². The number of benzene rings is 1. The number of rotatable bonds is 2. The highest BCUT2D eigenvalue weighted by molar-refractivity contribution is 5.95. The summed E-state index contributed by atoms with van der Waals surface area (Å²) in [4.78, 5) is 27.3. The lowest BCUT2D eigenvalue weighted by Crippen LogP contribution is -2.52. The van der Waals surface area contributed by atoms with Crippen LogP contribution in [-0.2, 0) is 9.59 Å². The average molecular weight is 302 g/mol. The van der Waals surface area contributed by atoms with Gasteiger partial charge in [0.1, 0.15) is 11.4 Å². The number of carbonyl (C=O) groups excluding carboxylic acids is 2. The summed E-state index contributed by atoms with van der Waals surface area (Å²) in [5.74, 6) is 0.00831. The van der Waals surface area contributed by atoms with Crippen LogP contribution in [0.5, 0.6) is 5.75 Å². The Morgan fingerprint density at radius 2 is 1.73 bits per heavy atom. The fourth-order valence-electron chi connectivity index (χ4n) is 2.58. The number of hydrogen-bond acceptors (Lipinski definition) is 5. The van der Waals surface area contributed by atoms with E-state index >= 15 is 0 Å². The van der Waals surface area contributed by atoms with Gasteiger partial charge in [0.2, 0.25) is 5.91 Å². The van der Waals surface area contributed by atoms with Gasteiger partial charge in [0.05, 0.1) is 0 Å². The molecule has 3 rings (SSSR count). The number of amides is 2. The molecule has 0 saturated carbocycles. The van der Waals surface area contributed by atoms with Gasteiger partial charge >= 0.3 is 0 Å². The predicted octanol–water partition coefficient (Wildman–Crippen LogP) is -0.0508. The minimum atomic E-state index is -0.145. The molecule has 22 heavy (non-hydrogen) atoms. The van der Waals surface area contributed by atoms with E-state index in [1.165, 1.54) is 0 Å². The van der Waals surface area contributed by atoms with Crippen molar-refractivity contribution in [1.29, 1.82) is 0 Å². The largest absolute Gasteiger partial charge is 0.508 e. The molecule has 0 atom stereocenters. The number of carbonyl (C=O) groups is 2. The molecule has 1 fully saturated rings. The van der Waals surface area contributed by atoms with Gasteiger partial charge in [-0.1, -0.05) is 0 Å². The second-order valence-corrected chi connectivity index (χ2v) is 5.29.